The highest BCUT2D eigenvalue weighted by atomic mass is 79.9. The molecule has 10 heteroatoms. The molecule has 3 heterocycles. The van der Waals surface area contributed by atoms with Crippen LogP contribution in [0.5, 0.6) is 5.88 Å². The molecule has 2 aliphatic heterocycles. The summed E-state index contributed by atoms with van der Waals surface area (Å²) in [6.45, 7) is 4.35. The molecule has 1 aromatic heterocycles. The third kappa shape index (κ3) is 3.11. The zero-order chi connectivity index (χ0) is 16.6. The van der Waals surface area contributed by atoms with Gasteiger partial charge in [-0.15, -0.1) is 0 Å². The maximum absolute atomic E-state index is 12.7. The lowest BCUT2D eigenvalue weighted by molar-refractivity contribution is 0.0690. The highest BCUT2D eigenvalue weighted by Crippen LogP contribution is 2.32. The lowest BCUT2D eigenvalue weighted by Gasteiger charge is -2.33. The molecule has 0 N–H and O–H groups in total. The Morgan fingerprint density at radius 2 is 1.96 bits per heavy atom. The molecule has 2 aliphatic rings. The van der Waals surface area contributed by atoms with Crippen LogP contribution in [0.3, 0.4) is 0 Å². The van der Waals surface area contributed by atoms with Crippen molar-refractivity contribution in [1.29, 1.82) is 0 Å². The number of piperazine rings is 1. The second-order valence-electron chi connectivity index (χ2n) is 5.48. The van der Waals surface area contributed by atoms with E-state index in [9.17, 15) is 13.2 Å². The Morgan fingerprint density at radius 1 is 1.26 bits per heavy atom. The van der Waals surface area contributed by atoms with Gasteiger partial charge in [0.15, 0.2) is 5.69 Å². The Hall–Kier alpha value is -1.13. The van der Waals surface area contributed by atoms with Crippen LogP contribution in [-0.2, 0) is 16.6 Å². The van der Waals surface area contributed by atoms with Crippen LogP contribution < -0.4 is 4.74 Å². The quantitative estimate of drug-likeness (QED) is 0.730. The zero-order valence-electron chi connectivity index (χ0n) is 12.9. The van der Waals surface area contributed by atoms with Crippen molar-refractivity contribution in [2.75, 3.05) is 38.5 Å². The minimum atomic E-state index is -3.20. The normalized spacial score (nSPS) is 19.3. The minimum absolute atomic E-state index is 0.0810. The van der Waals surface area contributed by atoms with E-state index >= 15 is 0 Å². The third-order valence-electron chi connectivity index (χ3n) is 4.09. The molecule has 0 spiro atoms. The Kier molecular flexibility index (Phi) is 4.65. The number of carbonyl (C=O) groups excluding carboxylic acids is 1. The van der Waals surface area contributed by atoms with Gasteiger partial charge >= 0.3 is 0 Å². The van der Waals surface area contributed by atoms with Gasteiger partial charge in [-0.1, -0.05) is 0 Å². The first-order chi connectivity index (χ1) is 10.9. The smallest absolute Gasteiger partial charge is 0.275 e. The summed E-state index contributed by atoms with van der Waals surface area (Å²) in [6.07, 6.45) is 0.863. The van der Waals surface area contributed by atoms with E-state index in [0.717, 1.165) is 13.0 Å². The van der Waals surface area contributed by atoms with Gasteiger partial charge in [-0.2, -0.15) is 9.40 Å². The van der Waals surface area contributed by atoms with Crippen molar-refractivity contribution in [3.63, 3.8) is 0 Å². The molecule has 1 saturated heterocycles. The molecule has 3 rings (SSSR count). The van der Waals surface area contributed by atoms with E-state index < -0.39 is 10.0 Å². The maximum Gasteiger partial charge on any atom is 0.275 e. The Labute approximate surface area is 143 Å². The van der Waals surface area contributed by atoms with Crippen molar-refractivity contribution in [3.05, 3.63) is 10.2 Å². The van der Waals surface area contributed by atoms with Crippen LogP contribution in [0.1, 0.15) is 23.8 Å². The summed E-state index contributed by atoms with van der Waals surface area (Å²) in [4.78, 5) is 14.3. The molecule has 0 aromatic carbocycles. The number of ether oxygens (including phenoxy) is 1. The fourth-order valence-electron chi connectivity index (χ4n) is 2.74. The minimum Gasteiger partial charge on any atom is -0.477 e. The van der Waals surface area contributed by atoms with Crippen molar-refractivity contribution in [2.45, 2.75) is 19.9 Å². The fraction of sp³-hybridized carbons (Fsp3) is 0.692. The lowest BCUT2D eigenvalue weighted by atomic mass is 10.3. The Bertz CT molecular complexity index is 710. The van der Waals surface area contributed by atoms with E-state index in [1.165, 1.54) is 4.31 Å². The molecule has 8 nitrogen and oxygen atoms in total. The first kappa shape index (κ1) is 16.7. The van der Waals surface area contributed by atoms with Crippen LogP contribution >= 0.6 is 15.9 Å². The van der Waals surface area contributed by atoms with Crippen LogP contribution in [0.15, 0.2) is 4.47 Å². The molecule has 1 amide bonds. The molecular weight excluding hydrogens is 388 g/mol. The number of carbonyl (C=O) groups is 1. The standard InChI is InChI=1S/C13H19BrN4O4S/c1-2-23(20,21)17-7-5-16(6-8-17)12(19)11-10(14)13-18(15-11)4-3-9-22-13/h2-9H2,1H3. The number of fused-ring (bicyclic) bond motifs is 1. The highest BCUT2D eigenvalue weighted by Gasteiger charge is 2.32. The van der Waals surface area contributed by atoms with Gasteiger partial charge < -0.3 is 9.64 Å². The first-order valence-electron chi connectivity index (χ1n) is 7.60. The summed E-state index contributed by atoms with van der Waals surface area (Å²) >= 11 is 3.40. The zero-order valence-corrected chi connectivity index (χ0v) is 15.3. The molecule has 0 radical (unpaired) electrons. The number of nitrogens with zero attached hydrogens (tertiary/aromatic N) is 4. The predicted octanol–water partition coefficient (Wildman–Crippen LogP) is 0.536. The van der Waals surface area contributed by atoms with Crippen LogP contribution in [0.4, 0.5) is 0 Å². The molecule has 0 unspecified atom stereocenters. The average Bonchev–Trinajstić information content (AvgIpc) is 2.91. The second kappa shape index (κ2) is 6.40. The SMILES string of the molecule is CCS(=O)(=O)N1CCN(C(=O)c2nn3c(c2Br)OCCC3)CC1. The lowest BCUT2D eigenvalue weighted by Crippen LogP contribution is -2.51. The predicted molar refractivity (Wildman–Crippen MR) is 87.0 cm³/mol. The van der Waals surface area contributed by atoms with Gasteiger partial charge in [-0.05, 0) is 22.9 Å². The van der Waals surface area contributed by atoms with Gasteiger partial charge in [0.25, 0.3) is 5.91 Å². The number of amides is 1. The number of sulfonamides is 1. The van der Waals surface area contributed by atoms with E-state index in [-0.39, 0.29) is 11.7 Å². The summed E-state index contributed by atoms with van der Waals surface area (Å²) in [5.41, 5.74) is 0.327. The summed E-state index contributed by atoms with van der Waals surface area (Å²) in [5, 5.41) is 4.33. The number of aryl methyl sites for hydroxylation is 1. The van der Waals surface area contributed by atoms with E-state index in [0.29, 0.717) is 48.8 Å². The van der Waals surface area contributed by atoms with Gasteiger partial charge in [-0.25, -0.2) is 13.1 Å². The highest BCUT2D eigenvalue weighted by molar-refractivity contribution is 9.10. The summed E-state index contributed by atoms with van der Waals surface area (Å²) in [6, 6.07) is 0. The van der Waals surface area contributed by atoms with E-state index in [1.807, 2.05) is 0 Å². The number of hydrogen-bond donors (Lipinski definition) is 0. The summed E-state index contributed by atoms with van der Waals surface area (Å²) < 4.78 is 33.0. The van der Waals surface area contributed by atoms with Crippen LogP contribution in [0.25, 0.3) is 0 Å². The molecule has 0 atom stereocenters. The first-order valence-corrected chi connectivity index (χ1v) is 10.0. The summed E-state index contributed by atoms with van der Waals surface area (Å²) in [5.74, 6) is 0.472. The van der Waals surface area contributed by atoms with Crippen molar-refractivity contribution in [1.82, 2.24) is 19.0 Å². The summed E-state index contributed by atoms with van der Waals surface area (Å²) in [7, 11) is -3.20. The number of aromatic nitrogens is 2. The van der Waals surface area contributed by atoms with Gasteiger partial charge in [-0.3, -0.25) is 4.79 Å². The second-order valence-corrected chi connectivity index (χ2v) is 8.54. The number of halogens is 1. The molecule has 0 bridgehead atoms. The van der Waals surface area contributed by atoms with E-state index in [1.54, 1.807) is 16.5 Å². The van der Waals surface area contributed by atoms with Crippen molar-refractivity contribution in [3.8, 4) is 5.88 Å². The fourth-order valence-corrected chi connectivity index (χ4v) is 4.39. The molecule has 0 saturated carbocycles. The van der Waals surface area contributed by atoms with Crippen molar-refractivity contribution >= 4 is 31.9 Å². The number of rotatable bonds is 3. The van der Waals surface area contributed by atoms with Crippen LogP contribution in [0.2, 0.25) is 0 Å². The molecule has 128 valence electrons. The molecule has 1 fully saturated rings. The Morgan fingerprint density at radius 3 is 2.57 bits per heavy atom. The molecule has 23 heavy (non-hydrogen) atoms. The number of hydrogen-bond acceptors (Lipinski definition) is 5. The largest absolute Gasteiger partial charge is 0.477 e. The monoisotopic (exact) mass is 406 g/mol. The third-order valence-corrected chi connectivity index (χ3v) is 6.69. The van der Waals surface area contributed by atoms with Gasteiger partial charge in [0.1, 0.15) is 4.47 Å². The van der Waals surface area contributed by atoms with E-state index in [4.69, 9.17) is 4.74 Å². The van der Waals surface area contributed by atoms with E-state index in [2.05, 4.69) is 21.0 Å². The van der Waals surface area contributed by atoms with Crippen LogP contribution in [0, 0.1) is 0 Å². The topological polar surface area (TPSA) is 84.7 Å². The van der Waals surface area contributed by atoms with Crippen molar-refractivity contribution in [2.24, 2.45) is 0 Å². The van der Waals surface area contributed by atoms with Crippen LogP contribution in [-0.4, -0.2) is 71.8 Å². The Balaban J connectivity index is 1.72. The van der Waals surface area contributed by atoms with Gasteiger partial charge in [0.2, 0.25) is 15.9 Å². The van der Waals surface area contributed by atoms with Gasteiger partial charge in [0, 0.05) is 39.1 Å². The van der Waals surface area contributed by atoms with Crippen molar-refractivity contribution < 1.29 is 17.9 Å². The average molecular weight is 407 g/mol. The molecular formula is C13H19BrN4O4S. The van der Waals surface area contributed by atoms with Gasteiger partial charge in [0.05, 0.1) is 12.4 Å². The maximum atomic E-state index is 12.7. The molecule has 0 aliphatic carbocycles. The molecule has 1 aromatic rings.